The summed E-state index contributed by atoms with van der Waals surface area (Å²) in [4.78, 5) is 0.145. The lowest BCUT2D eigenvalue weighted by molar-refractivity contribution is 0.401. The van der Waals surface area contributed by atoms with Crippen LogP contribution in [0.4, 0.5) is 0 Å². The Morgan fingerprint density at radius 2 is 1.89 bits per heavy atom. The van der Waals surface area contributed by atoms with Crippen molar-refractivity contribution >= 4 is 26.0 Å². The molecule has 0 aliphatic rings. The van der Waals surface area contributed by atoms with Crippen LogP contribution in [0.2, 0.25) is 0 Å². The topological polar surface area (TPSA) is 55.4 Å². The maximum Gasteiger partial charge on any atom is 0.244 e. The van der Waals surface area contributed by atoms with Gasteiger partial charge in [0.1, 0.15) is 10.6 Å². The first kappa shape index (κ1) is 15.5. The highest BCUT2D eigenvalue weighted by atomic mass is 79.9. The summed E-state index contributed by atoms with van der Waals surface area (Å²) >= 11 is 3.27. The number of halogens is 1. The summed E-state index contributed by atoms with van der Waals surface area (Å²) in [6.45, 7) is 5.77. The van der Waals surface area contributed by atoms with E-state index in [1.54, 1.807) is 12.1 Å². The molecule has 1 atom stereocenters. The van der Waals surface area contributed by atoms with E-state index in [0.29, 0.717) is 10.2 Å². The number of benzene rings is 1. The van der Waals surface area contributed by atoms with E-state index in [1.165, 1.54) is 13.2 Å². The average Bonchev–Trinajstić information content (AvgIpc) is 2.28. The lowest BCUT2D eigenvalue weighted by atomic mass is 10.1. The Hall–Kier alpha value is -0.590. The molecule has 0 radical (unpaired) electrons. The minimum atomic E-state index is -3.57. The smallest absolute Gasteiger partial charge is 0.244 e. The molecule has 0 aliphatic heterocycles. The molecule has 0 saturated heterocycles. The van der Waals surface area contributed by atoms with Crippen LogP contribution in [0, 0.1) is 5.92 Å². The second kappa shape index (κ2) is 6.04. The van der Waals surface area contributed by atoms with Gasteiger partial charge in [-0.25, -0.2) is 13.1 Å². The minimum Gasteiger partial charge on any atom is -0.495 e. The number of hydrogen-bond donors (Lipinski definition) is 1. The van der Waals surface area contributed by atoms with Crippen molar-refractivity contribution in [2.45, 2.75) is 31.7 Å². The number of methoxy groups -OCH3 is 1. The van der Waals surface area contributed by atoms with Gasteiger partial charge in [-0.2, -0.15) is 0 Å². The molecule has 0 saturated carbocycles. The molecule has 1 rings (SSSR count). The molecule has 0 spiro atoms. The van der Waals surface area contributed by atoms with Crippen molar-refractivity contribution in [1.82, 2.24) is 4.72 Å². The number of sulfonamides is 1. The molecule has 1 aromatic rings. The Morgan fingerprint density at radius 3 is 2.39 bits per heavy atom. The third-order valence-corrected chi connectivity index (χ3v) is 4.83. The van der Waals surface area contributed by atoms with Crippen molar-refractivity contribution in [3.63, 3.8) is 0 Å². The van der Waals surface area contributed by atoms with E-state index in [1.807, 2.05) is 20.8 Å². The third kappa shape index (κ3) is 3.70. The Labute approximate surface area is 117 Å². The van der Waals surface area contributed by atoms with Crippen LogP contribution in [0.1, 0.15) is 20.8 Å². The van der Waals surface area contributed by atoms with E-state index in [4.69, 9.17) is 4.74 Å². The standard InChI is InChI=1S/C12H18BrNO3S/c1-8(2)9(3)14-18(15,16)12-7-10(13)5-6-11(12)17-4/h5-9,14H,1-4H3/t9-/m1/s1. The van der Waals surface area contributed by atoms with E-state index in [-0.39, 0.29) is 16.9 Å². The maximum atomic E-state index is 12.3. The molecule has 0 aliphatic carbocycles. The van der Waals surface area contributed by atoms with Gasteiger partial charge >= 0.3 is 0 Å². The highest BCUT2D eigenvalue weighted by molar-refractivity contribution is 9.10. The summed E-state index contributed by atoms with van der Waals surface area (Å²) in [5.74, 6) is 0.555. The van der Waals surface area contributed by atoms with Gasteiger partial charge in [0.2, 0.25) is 10.0 Å². The first-order chi connectivity index (χ1) is 8.27. The van der Waals surface area contributed by atoms with Crippen molar-refractivity contribution in [3.8, 4) is 5.75 Å². The number of ether oxygens (including phenoxy) is 1. The van der Waals surface area contributed by atoms with Gasteiger partial charge in [0.05, 0.1) is 7.11 Å². The molecule has 0 amide bonds. The minimum absolute atomic E-state index is 0.140. The number of rotatable bonds is 5. The van der Waals surface area contributed by atoms with Crippen molar-refractivity contribution in [2.75, 3.05) is 7.11 Å². The van der Waals surface area contributed by atoms with E-state index in [2.05, 4.69) is 20.7 Å². The molecule has 1 N–H and O–H groups in total. The van der Waals surface area contributed by atoms with E-state index >= 15 is 0 Å². The van der Waals surface area contributed by atoms with Gasteiger partial charge in [0, 0.05) is 10.5 Å². The predicted molar refractivity (Wildman–Crippen MR) is 75.3 cm³/mol. The Balaban J connectivity index is 3.15. The highest BCUT2D eigenvalue weighted by Gasteiger charge is 2.23. The quantitative estimate of drug-likeness (QED) is 0.900. The van der Waals surface area contributed by atoms with E-state index in [0.717, 1.165) is 0 Å². The van der Waals surface area contributed by atoms with Gasteiger partial charge in [-0.15, -0.1) is 0 Å². The first-order valence-electron chi connectivity index (χ1n) is 5.64. The number of hydrogen-bond acceptors (Lipinski definition) is 3. The Morgan fingerprint density at radius 1 is 1.28 bits per heavy atom. The largest absolute Gasteiger partial charge is 0.495 e. The van der Waals surface area contributed by atoms with Crippen molar-refractivity contribution in [3.05, 3.63) is 22.7 Å². The van der Waals surface area contributed by atoms with Gasteiger partial charge in [-0.1, -0.05) is 29.8 Å². The zero-order valence-electron chi connectivity index (χ0n) is 10.9. The number of nitrogens with one attached hydrogen (secondary N) is 1. The molecule has 0 heterocycles. The van der Waals surface area contributed by atoms with Crippen LogP contribution in [0.15, 0.2) is 27.6 Å². The molecule has 0 bridgehead atoms. The SMILES string of the molecule is COc1ccc(Br)cc1S(=O)(=O)N[C@H](C)C(C)C. The summed E-state index contributed by atoms with van der Waals surface area (Å²) in [7, 11) is -2.12. The Kier molecular flexibility index (Phi) is 5.19. The van der Waals surface area contributed by atoms with Crippen molar-refractivity contribution in [2.24, 2.45) is 5.92 Å². The fraction of sp³-hybridized carbons (Fsp3) is 0.500. The second-order valence-electron chi connectivity index (χ2n) is 4.45. The lowest BCUT2D eigenvalue weighted by Crippen LogP contribution is -2.36. The van der Waals surface area contributed by atoms with Gasteiger partial charge < -0.3 is 4.74 Å². The van der Waals surface area contributed by atoms with Crippen molar-refractivity contribution in [1.29, 1.82) is 0 Å². The van der Waals surface area contributed by atoms with Gasteiger partial charge in [-0.05, 0) is 31.0 Å². The molecule has 18 heavy (non-hydrogen) atoms. The average molecular weight is 336 g/mol. The predicted octanol–water partition coefficient (Wildman–Crippen LogP) is 2.78. The van der Waals surface area contributed by atoms with Gasteiger partial charge in [0.25, 0.3) is 0 Å². The fourth-order valence-electron chi connectivity index (χ4n) is 1.30. The van der Waals surface area contributed by atoms with Crippen LogP contribution in [-0.4, -0.2) is 21.6 Å². The Bertz CT molecular complexity index is 514. The monoisotopic (exact) mass is 335 g/mol. The lowest BCUT2D eigenvalue weighted by Gasteiger charge is -2.18. The first-order valence-corrected chi connectivity index (χ1v) is 7.91. The molecular weight excluding hydrogens is 318 g/mol. The third-order valence-electron chi connectivity index (χ3n) is 2.76. The van der Waals surface area contributed by atoms with Crippen LogP contribution < -0.4 is 9.46 Å². The summed E-state index contributed by atoms with van der Waals surface area (Å²) in [6.07, 6.45) is 0. The van der Waals surface area contributed by atoms with Crippen LogP contribution in [-0.2, 0) is 10.0 Å². The molecule has 6 heteroatoms. The molecule has 0 aromatic heterocycles. The van der Waals surface area contributed by atoms with Crippen LogP contribution in [0.25, 0.3) is 0 Å². The zero-order valence-corrected chi connectivity index (χ0v) is 13.3. The molecule has 102 valence electrons. The molecule has 0 unspecified atom stereocenters. The summed E-state index contributed by atoms with van der Waals surface area (Å²) in [5.41, 5.74) is 0. The normalized spacial score (nSPS) is 13.7. The van der Waals surface area contributed by atoms with Crippen LogP contribution in [0.5, 0.6) is 5.75 Å². The zero-order chi connectivity index (χ0) is 13.9. The van der Waals surface area contributed by atoms with E-state index in [9.17, 15) is 8.42 Å². The van der Waals surface area contributed by atoms with Gasteiger partial charge in [-0.3, -0.25) is 0 Å². The summed E-state index contributed by atoms with van der Waals surface area (Å²) in [6, 6.07) is 4.76. The molecule has 0 fully saturated rings. The van der Waals surface area contributed by atoms with Crippen LogP contribution in [0.3, 0.4) is 0 Å². The molecular formula is C12H18BrNO3S. The highest BCUT2D eigenvalue weighted by Crippen LogP contribution is 2.27. The van der Waals surface area contributed by atoms with E-state index < -0.39 is 10.0 Å². The fourth-order valence-corrected chi connectivity index (χ4v) is 3.40. The summed E-state index contributed by atoms with van der Waals surface area (Å²) in [5, 5.41) is 0. The second-order valence-corrected chi connectivity index (χ2v) is 7.05. The molecule has 4 nitrogen and oxygen atoms in total. The van der Waals surface area contributed by atoms with Crippen molar-refractivity contribution < 1.29 is 13.2 Å². The van der Waals surface area contributed by atoms with Gasteiger partial charge in [0.15, 0.2) is 0 Å². The van der Waals surface area contributed by atoms with Crippen LogP contribution >= 0.6 is 15.9 Å². The maximum absolute atomic E-state index is 12.3. The summed E-state index contributed by atoms with van der Waals surface area (Å²) < 4.78 is 33.0. The molecule has 1 aromatic carbocycles.